The van der Waals surface area contributed by atoms with Crippen LogP contribution in [0.25, 0.3) is 11.3 Å². The molecule has 37 heavy (non-hydrogen) atoms. The average Bonchev–Trinajstić information content (AvgIpc) is 3.49. The summed E-state index contributed by atoms with van der Waals surface area (Å²) in [6.45, 7) is 6.25. The van der Waals surface area contributed by atoms with Crippen molar-refractivity contribution >= 4 is 0 Å². The second-order valence-corrected chi connectivity index (χ2v) is 9.51. The maximum Gasteiger partial charge on any atom is 0.222 e. The molecule has 2 aromatic carbocycles. The minimum atomic E-state index is -0.688. The number of hydrogen-bond acceptors (Lipinski definition) is 6. The van der Waals surface area contributed by atoms with Gasteiger partial charge in [0.1, 0.15) is 23.0 Å². The first-order valence-corrected chi connectivity index (χ1v) is 12.4. The second kappa shape index (κ2) is 12.7. The summed E-state index contributed by atoms with van der Waals surface area (Å²) in [7, 11) is 1.82. The topological polar surface area (TPSA) is 72.9 Å². The number of rotatable bonds is 13. The number of nitrogens with zero attached hydrogens (tertiary/aromatic N) is 3. The van der Waals surface area contributed by atoms with Gasteiger partial charge in [-0.1, -0.05) is 44.2 Å². The van der Waals surface area contributed by atoms with Crippen LogP contribution in [0.4, 0.5) is 4.39 Å². The van der Waals surface area contributed by atoms with Crippen LogP contribution >= 0.6 is 0 Å². The van der Waals surface area contributed by atoms with E-state index in [-0.39, 0.29) is 12.4 Å². The number of aromatic nitrogens is 2. The zero-order valence-electron chi connectivity index (χ0n) is 21.5. The highest BCUT2D eigenvalue weighted by atomic mass is 19.1. The molecule has 0 aliphatic rings. The molecule has 0 saturated carbocycles. The molecule has 1 atom stereocenters. The molecule has 0 saturated heterocycles. The molecule has 0 bridgehead atoms. The van der Waals surface area contributed by atoms with Gasteiger partial charge in [-0.2, -0.15) is 5.10 Å². The summed E-state index contributed by atoms with van der Waals surface area (Å²) >= 11 is 0. The number of hydrogen-bond donors (Lipinski definition) is 1. The van der Waals surface area contributed by atoms with Gasteiger partial charge in [-0.25, -0.2) is 9.07 Å². The number of aryl methyl sites for hydroxylation is 1. The van der Waals surface area contributed by atoms with Crippen LogP contribution in [-0.4, -0.2) is 45.6 Å². The van der Waals surface area contributed by atoms with E-state index in [1.54, 1.807) is 23.1 Å². The van der Waals surface area contributed by atoms with E-state index in [1.165, 1.54) is 12.1 Å². The van der Waals surface area contributed by atoms with E-state index in [2.05, 4.69) is 18.7 Å². The van der Waals surface area contributed by atoms with Crippen LogP contribution in [0.5, 0.6) is 11.6 Å². The number of aliphatic hydroxyl groups is 1. The average molecular weight is 508 g/mol. The molecule has 0 fully saturated rings. The Labute approximate surface area is 217 Å². The van der Waals surface area contributed by atoms with E-state index < -0.39 is 6.10 Å². The largest absolute Gasteiger partial charge is 0.468 e. The quantitative estimate of drug-likeness (QED) is 0.252. The minimum Gasteiger partial charge on any atom is -0.468 e. The van der Waals surface area contributed by atoms with Gasteiger partial charge in [-0.05, 0) is 42.3 Å². The molecule has 8 heteroatoms. The van der Waals surface area contributed by atoms with Gasteiger partial charge in [-0.3, -0.25) is 4.90 Å². The highest BCUT2D eigenvalue weighted by molar-refractivity contribution is 5.65. The fourth-order valence-electron chi connectivity index (χ4n) is 4.09. The summed E-state index contributed by atoms with van der Waals surface area (Å²) in [5.41, 5.74) is 2.57. The van der Waals surface area contributed by atoms with Crippen molar-refractivity contribution in [3.63, 3.8) is 0 Å². The van der Waals surface area contributed by atoms with Gasteiger partial charge in [0.05, 0.1) is 31.1 Å². The zero-order valence-corrected chi connectivity index (χ0v) is 21.5. The highest BCUT2D eigenvalue weighted by Gasteiger charge is 2.24. The Bertz CT molecular complexity index is 1220. The molecule has 0 aliphatic heterocycles. The molecule has 2 aromatic heterocycles. The molecule has 0 amide bonds. The molecule has 2 heterocycles. The summed E-state index contributed by atoms with van der Waals surface area (Å²) in [6, 6.07) is 19.5. The zero-order chi connectivity index (χ0) is 26.2. The summed E-state index contributed by atoms with van der Waals surface area (Å²) in [5, 5.41) is 15.5. The van der Waals surface area contributed by atoms with E-state index in [0.717, 1.165) is 22.6 Å². The Morgan fingerprint density at radius 2 is 1.76 bits per heavy atom. The van der Waals surface area contributed by atoms with Crippen molar-refractivity contribution in [3.05, 3.63) is 90.1 Å². The molecule has 0 radical (unpaired) electrons. The normalized spacial score (nSPS) is 12.4. The Kier molecular flexibility index (Phi) is 9.11. The number of benzene rings is 2. The van der Waals surface area contributed by atoms with Crippen LogP contribution in [0, 0.1) is 11.7 Å². The lowest BCUT2D eigenvalue weighted by Gasteiger charge is -2.25. The van der Waals surface area contributed by atoms with Crippen LogP contribution in [0.1, 0.15) is 25.2 Å². The summed E-state index contributed by atoms with van der Waals surface area (Å²) in [5.74, 6) is 1.88. The van der Waals surface area contributed by atoms with Gasteiger partial charge >= 0.3 is 0 Å². The van der Waals surface area contributed by atoms with Crippen molar-refractivity contribution in [2.24, 2.45) is 13.0 Å². The molecule has 0 spiro atoms. The first kappa shape index (κ1) is 26.6. The molecule has 0 aliphatic carbocycles. The van der Waals surface area contributed by atoms with Gasteiger partial charge in [-0.15, -0.1) is 0 Å². The molecular weight excluding hydrogens is 473 g/mol. The predicted octanol–water partition coefficient (Wildman–Crippen LogP) is 5.65. The van der Waals surface area contributed by atoms with Crippen LogP contribution in [0.15, 0.2) is 77.4 Å². The SMILES string of the molecule is CC(C)COC[C@H](O)CN(Cc1ccco1)Cc1c(-c2ccccc2)nn(C)c1Oc1ccc(F)cc1. The van der Waals surface area contributed by atoms with Gasteiger partial charge in [0.2, 0.25) is 5.88 Å². The van der Waals surface area contributed by atoms with Crippen molar-refractivity contribution in [2.45, 2.75) is 33.0 Å². The lowest BCUT2D eigenvalue weighted by atomic mass is 10.1. The third-order valence-electron chi connectivity index (χ3n) is 5.73. The van der Waals surface area contributed by atoms with Crippen molar-refractivity contribution in [1.29, 1.82) is 0 Å². The van der Waals surface area contributed by atoms with E-state index in [9.17, 15) is 9.50 Å². The standard InChI is InChI=1S/C29H34FN3O4/c1-21(2)19-35-20-24(34)16-33(17-26-10-7-15-36-26)18-27-28(22-8-5-4-6-9-22)31-32(3)29(27)37-25-13-11-23(30)12-14-25/h4-15,21,24,34H,16-20H2,1-3H3/t24-/m1/s1. The molecule has 1 N–H and O–H groups in total. The number of halogens is 1. The molecule has 4 rings (SSSR count). The Morgan fingerprint density at radius 3 is 2.43 bits per heavy atom. The van der Waals surface area contributed by atoms with Crippen molar-refractivity contribution < 1.29 is 23.4 Å². The molecule has 7 nitrogen and oxygen atoms in total. The Hall–Kier alpha value is -3.46. The van der Waals surface area contributed by atoms with Crippen LogP contribution < -0.4 is 4.74 Å². The number of ether oxygens (including phenoxy) is 2. The van der Waals surface area contributed by atoms with Gasteiger partial charge in [0.25, 0.3) is 0 Å². The first-order chi connectivity index (χ1) is 17.9. The lowest BCUT2D eigenvalue weighted by Crippen LogP contribution is -2.34. The van der Waals surface area contributed by atoms with E-state index in [0.29, 0.717) is 43.8 Å². The third kappa shape index (κ3) is 7.52. The van der Waals surface area contributed by atoms with Gasteiger partial charge in [0.15, 0.2) is 0 Å². The van der Waals surface area contributed by atoms with Crippen LogP contribution in [0.3, 0.4) is 0 Å². The number of aliphatic hydroxyl groups excluding tert-OH is 1. The minimum absolute atomic E-state index is 0.240. The molecule has 196 valence electrons. The van der Waals surface area contributed by atoms with E-state index in [4.69, 9.17) is 19.0 Å². The van der Waals surface area contributed by atoms with Crippen LogP contribution in [0.2, 0.25) is 0 Å². The van der Waals surface area contributed by atoms with E-state index >= 15 is 0 Å². The first-order valence-electron chi connectivity index (χ1n) is 12.4. The molecule has 4 aromatic rings. The molecular formula is C29H34FN3O4. The summed E-state index contributed by atoms with van der Waals surface area (Å²) in [4.78, 5) is 2.09. The monoisotopic (exact) mass is 507 g/mol. The molecule has 0 unspecified atom stereocenters. The highest BCUT2D eigenvalue weighted by Crippen LogP contribution is 2.34. The predicted molar refractivity (Wildman–Crippen MR) is 140 cm³/mol. The third-order valence-corrected chi connectivity index (χ3v) is 5.73. The summed E-state index contributed by atoms with van der Waals surface area (Å²) < 4.78 is 32.7. The van der Waals surface area contributed by atoms with Crippen molar-refractivity contribution in [1.82, 2.24) is 14.7 Å². The fourth-order valence-corrected chi connectivity index (χ4v) is 4.09. The van der Waals surface area contributed by atoms with Crippen molar-refractivity contribution in [2.75, 3.05) is 19.8 Å². The second-order valence-electron chi connectivity index (χ2n) is 9.51. The smallest absolute Gasteiger partial charge is 0.222 e. The number of furan rings is 1. The van der Waals surface area contributed by atoms with Crippen LogP contribution in [-0.2, 0) is 24.9 Å². The maximum atomic E-state index is 13.5. The fraction of sp³-hybridized carbons (Fsp3) is 0.345. The summed E-state index contributed by atoms with van der Waals surface area (Å²) in [6.07, 6.45) is 0.949. The van der Waals surface area contributed by atoms with Gasteiger partial charge < -0.3 is 19.0 Å². The maximum absolute atomic E-state index is 13.5. The Morgan fingerprint density at radius 1 is 1.00 bits per heavy atom. The van der Waals surface area contributed by atoms with E-state index in [1.807, 2.05) is 49.5 Å². The lowest BCUT2D eigenvalue weighted by molar-refractivity contribution is 0.00453. The Balaban J connectivity index is 1.65. The van der Waals surface area contributed by atoms with Crippen molar-refractivity contribution in [3.8, 4) is 22.9 Å². The van der Waals surface area contributed by atoms with Gasteiger partial charge in [0, 0.05) is 32.3 Å².